The Morgan fingerprint density at radius 2 is 1.94 bits per heavy atom. The number of aromatic nitrogens is 3. The summed E-state index contributed by atoms with van der Waals surface area (Å²) in [7, 11) is 0. The van der Waals surface area contributed by atoms with E-state index >= 15 is 0 Å². The van der Waals surface area contributed by atoms with Crippen molar-refractivity contribution in [2.24, 2.45) is 5.92 Å². The maximum Gasteiger partial charge on any atom is 0.247 e. The number of hydrogen-bond acceptors (Lipinski definition) is 7. The van der Waals surface area contributed by atoms with Gasteiger partial charge < -0.3 is 4.74 Å². The number of thioether (sulfide) groups is 1. The summed E-state index contributed by atoms with van der Waals surface area (Å²) >= 11 is 1.52. The van der Waals surface area contributed by atoms with Crippen molar-refractivity contribution in [2.45, 2.75) is 46.0 Å². The summed E-state index contributed by atoms with van der Waals surface area (Å²) in [5.41, 5.74) is 5.22. The van der Waals surface area contributed by atoms with Crippen molar-refractivity contribution >= 4 is 23.4 Å². The molecule has 1 aliphatic rings. The molecule has 0 aliphatic carbocycles. The van der Waals surface area contributed by atoms with Gasteiger partial charge in [0.1, 0.15) is 0 Å². The number of aryl methyl sites for hydroxylation is 2. The molecule has 1 atom stereocenters. The van der Waals surface area contributed by atoms with Gasteiger partial charge in [0.05, 0.1) is 17.3 Å². The van der Waals surface area contributed by atoms with Crippen LogP contribution in [0.5, 0.6) is 5.88 Å². The lowest BCUT2D eigenvalue weighted by Gasteiger charge is -2.31. The number of nitriles is 1. The lowest BCUT2D eigenvalue weighted by molar-refractivity contribution is -0.118. The molecule has 2 heterocycles. The molecule has 2 aromatic carbocycles. The quantitative estimate of drug-likeness (QED) is 0.494. The average Bonchev–Trinajstić information content (AvgIpc) is 2.92. The first kappa shape index (κ1) is 22.7. The highest BCUT2D eigenvalue weighted by Crippen LogP contribution is 2.45. The van der Waals surface area contributed by atoms with Crippen molar-refractivity contribution in [1.29, 1.82) is 5.26 Å². The van der Waals surface area contributed by atoms with E-state index in [4.69, 9.17) is 4.74 Å². The van der Waals surface area contributed by atoms with Crippen molar-refractivity contribution in [2.75, 3.05) is 10.7 Å². The highest BCUT2D eigenvalue weighted by atomic mass is 32.2. The number of anilines is 1. The van der Waals surface area contributed by atoms with E-state index in [-0.39, 0.29) is 5.91 Å². The first-order valence-electron chi connectivity index (χ1n) is 10.7. The Morgan fingerprint density at radius 3 is 2.58 bits per heavy atom. The fraction of sp³-hybridized carbons (Fsp3) is 0.320. The molecule has 1 aliphatic heterocycles. The predicted molar refractivity (Wildman–Crippen MR) is 128 cm³/mol. The molecule has 8 heteroatoms. The Labute approximate surface area is 197 Å². The normalized spacial score (nSPS) is 14.7. The minimum absolute atomic E-state index is 0.173. The highest BCUT2D eigenvalue weighted by molar-refractivity contribution is 7.99. The van der Waals surface area contributed by atoms with Crippen LogP contribution in [0.25, 0.3) is 11.3 Å². The van der Waals surface area contributed by atoms with Crippen LogP contribution in [0.15, 0.2) is 41.6 Å². The van der Waals surface area contributed by atoms with Crippen LogP contribution in [-0.4, -0.2) is 26.8 Å². The smallest absolute Gasteiger partial charge is 0.247 e. The van der Waals surface area contributed by atoms with Gasteiger partial charge in [0.2, 0.25) is 23.2 Å². The predicted octanol–water partition coefficient (Wildman–Crippen LogP) is 5.22. The SMILES string of the molecule is CC(=O)N1c2c(C)cc(C)cc2-c2nnc(SCC(C)C)nc2O[C@@H]1c1ccc(C#N)cc1. The molecule has 0 unspecified atom stereocenters. The number of hydrogen-bond donors (Lipinski definition) is 0. The number of fused-ring (bicyclic) bond motifs is 3. The van der Waals surface area contributed by atoms with Crippen LogP contribution in [0.2, 0.25) is 0 Å². The number of ether oxygens (including phenoxy) is 1. The molecule has 0 spiro atoms. The summed E-state index contributed by atoms with van der Waals surface area (Å²) in [6.07, 6.45) is -0.767. The van der Waals surface area contributed by atoms with Gasteiger partial charge in [0.25, 0.3) is 0 Å². The Hall–Kier alpha value is -3.44. The van der Waals surface area contributed by atoms with Crippen LogP contribution in [0.3, 0.4) is 0 Å². The number of amides is 1. The Bertz CT molecular complexity index is 1250. The number of carbonyl (C=O) groups excluding carboxylic acids is 1. The minimum Gasteiger partial charge on any atom is -0.447 e. The zero-order valence-corrected chi connectivity index (χ0v) is 20.1. The molecule has 0 fully saturated rings. The van der Waals surface area contributed by atoms with E-state index in [0.717, 1.165) is 33.7 Å². The van der Waals surface area contributed by atoms with Crippen LogP contribution in [-0.2, 0) is 4.79 Å². The van der Waals surface area contributed by atoms with E-state index in [9.17, 15) is 10.1 Å². The van der Waals surface area contributed by atoms with Crippen molar-refractivity contribution in [3.8, 4) is 23.2 Å². The van der Waals surface area contributed by atoms with Gasteiger partial charge >= 0.3 is 0 Å². The monoisotopic (exact) mass is 459 g/mol. The second-order valence-electron chi connectivity index (χ2n) is 8.52. The van der Waals surface area contributed by atoms with Gasteiger partial charge in [-0.2, -0.15) is 10.2 Å². The third-order valence-electron chi connectivity index (χ3n) is 5.24. The van der Waals surface area contributed by atoms with Crippen LogP contribution in [0, 0.1) is 31.1 Å². The minimum atomic E-state index is -0.767. The number of nitrogens with zero attached hydrogens (tertiary/aromatic N) is 5. The summed E-state index contributed by atoms with van der Waals surface area (Å²) < 4.78 is 6.41. The second kappa shape index (κ2) is 9.20. The zero-order chi connectivity index (χ0) is 23.7. The molecule has 7 nitrogen and oxygen atoms in total. The van der Waals surface area contributed by atoms with E-state index < -0.39 is 6.23 Å². The maximum absolute atomic E-state index is 13.0. The molecule has 4 rings (SSSR count). The largest absolute Gasteiger partial charge is 0.447 e. The van der Waals surface area contributed by atoms with Gasteiger partial charge in [-0.15, -0.1) is 10.2 Å². The fourth-order valence-corrected chi connectivity index (χ4v) is 4.58. The molecular weight excluding hydrogens is 434 g/mol. The Kier molecular flexibility index (Phi) is 6.34. The molecule has 168 valence electrons. The standard InChI is InChI=1S/C25H25N5O2S/c1-14(2)13-33-25-27-23-21(28-29-25)20-11-15(3)10-16(4)22(20)30(17(5)31)24(32-23)19-8-6-18(12-26)7-9-19/h6-11,14,24H,13H2,1-5H3/t24-/m1/s1. The molecule has 1 amide bonds. The lowest BCUT2D eigenvalue weighted by Crippen LogP contribution is -2.36. The molecule has 3 aromatic rings. The lowest BCUT2D eigenvalue weighted by atomic mass is 10.00. The molecule has 0 N–H and O–H groups in total. The Morgan fingerprint density at radius 1 is 1.21 bits per heavy atom. The molecule has 1 aromatic heterocycles. The van der Waals surface area contributed by atoms with Gasteiger partial charge in [-0.1, -0.05) is 49.4 Å². The summed E-state index contributed by atoms with van der Waals surface area (Å²) in [6.45, 7) is 9.75. The van der Waals surface area contributed by atoms with Crippen LogP contribution < -0.4 is 9.64 Å². The maximum atomic E-state index is 13.0. The average molecular weight is 460 g/mol. The third kappa shape index (κ3) is 4.55. The topological polar surface area (TPSA) is 92.0 Å². The van der Waals surface area contributed by atoms with Gasteiger partial charge in [-0.05, 0) is 43.5 Å². The summed E-state index contributed by atoms with van der Waals surface area (Å²) in [6, 6.07) is 13.2. The van der Waals surface area contributed by atoms with E-state index in [2.05, 4.69) is 35.1 Å². The van der Waals surface area contributed by atoms with E-state index in [1.165, 1.54) is 18.7 Å². The fourth-order valence-electron chi connectivity index (χ4n) is 3.85. The number of benzene rings is 2. The van der Waals surface area contributed by atoms with Gasteiger partial charge in [0, 0.05) is 23.8 Å². The van der Waals surface area contributed by atoms with Crippen LogP contribution in [0.1, 0.15) is 49.3 Å². The third-order valence-corrected chi connectivity index (χ3v) is 6.51. The van der Waals surface area contributed by atoms with E-state index in [1.807, 2.05) is 26.0 Å². The number of rotatable bonds is 4. The van der Waals surface area contributed by atoms with Crippen molar-refractivity contribution < 1.29 is 9.53 Å². The van der Waals surface area contributed by atoms with Crippen LogP contribution >= 0.6 is 11.8 Å². The molecule has 0 bridgehead atoms. The first-order chi connectivity index (χ1) is 15.8. The first-order valence-corrected chi connectivity index (χ1v) is 11.7. The van der Waals surface area contributed by atoms with Gasteiger partial charge in [-0.25, -0.2) is 0 Å². The second-order valence-corrected chi connectivity index (χ2v) is 9.51. The van der Waals surface area contributed by atoms with E-state index in [0.29, 0.717) is 28.2 Å². The molecular formula is C25H25N5O2S. The van der Waals surface area contributed by atoms with Gasteiger partial charge in [-0.3, -0.25) is 9.69 Å². The molecule has 0 saturated carbocycles. The van der Waals surface area contributed by atoms with Crippen molar-refractivity contribution in [3.63, 3.8) is 0 Å². The molecule has 33 heavy (non-hydrogen) atoms. The number of carbonyl (C=O) groups is 1. The van der Waals surface area contributed by atoms with Crippen molar-refractivity contribution in [1.82, 2.24) is 15.2 Å². The van der Waals surface area contributed by atoms with E-state index in [1.54, 1.807) is 29.2 Å². The molecule has 0 saturated heterocycles. The zero-order valence-electron chi connectivity index (χ0n) is 19.3. The Balaban J connectivity index is 1.93. The van der Waals surface area contributed by atoms with Gasteiger partial charge in [0.15, 0.2) is 5.69 Å². The summed E-state index contributed by atoms with van der Waals surface area (Å²) in [5, 5.41) is 18.6. The molecule has 0 radical (unpaired) electrons. The highest BCUT2D eigenvalue weighted by Gasteiger charge is 2.35. The van der Waals surface area contributed by atoms with Crippen molar-refractivity contribution in [3.05, 3.63) is 58.7 Å². The van der Waals surface area contributed by atoms with Crippen LogP contribution in [0.4, 0.5) is 5.69 Å². The summed E-state index contributed by atoms with van der Waals surface area (Å²) in [5.74, 6) is 1.49. The summed E-state index contributed by atoms with van der Waals surface area (Å²) in [4.78, 5) is 19.3.